The zero-order valence-corrected chi connectivity index (χ0v) is 12.3. The fourth-order valence-electron chi connectivity index (χ4n) is 4.35. The molecule has 4 atom stereocenters. The highest BCUT2D eigenvalue weighted by Crippen LogP contribution is 2.37. The van der Waals surface area contributed by atoms with E-state index in [4.69, 9.17) is 0 Å². The SMILES string of the molecule is O=C1NC(C2CC3(CCCCNC3=O)N2)CCC12CCN2. The summed E-state index contributed by atoms with van der Waals surface area (Å²) in [6.07, 6.45) is 6.79. The van der Waals surface area contributed by atoms with Crippen molar-refractivity contribution in [1.29, 1.82) is 0 Å². The van der Waals surface area contributed by atoms with Crippen molar-refractivity contribution < 1.29 is 9.59 Å². The Morgan fingerprint density at radius 1 is 0.905 bits per heavy atom. The number of hydrogen-bond acceptors (Lipinski definition) is 4. The molecule has 6 heteroatoms. The van der Waals surface area contributed by atoms with E-state index in [0.29, 0.717) is 0 Å². The van der Waals surface area contributed by atoms with Gasteiger partial charge in [-0.05, 0) is 51.5 Å². The summed E-state index contributed by atoms with van der Waals surface area (Å²) in [5, 5.41) is 12.9. The van der Waals surface area contributed by atoms with Crippen molar-refractivity contribution >= 4 is 11.8 Å². The van der Waals surface area contributed by atoms with E-state index in [0.717, 1.165) is 58.0 Å². The predicted octanol–water partition coefficient (Wildman–Crippen LogP) is -0.602. The van der Waals surface area contributed by atoms with Crippen LogP contribution >= 0.6 is 0 Å². The lowest BCUT2D eigenvalue weighted by Crippen LogP contribution is -2.77. The Hall–Kier alpha value is -1.14. The van der Waals surface area contributed by atoms with Crippen LogP contribution in [0, 0.1) is 0 Å². The molecule has 0 aliphatic carbocycles. The summed E-state index contributed by atoms with van der Waals surface area (Å²) >= 11 is 0. The second kappa shape index (κ2) is 4.68. The molecule has 6 nitrogen and oxygen atoms in total. The van der Waals surface area contributed by atoms with Crippen molar-refractivity contribution in [2.75, 3.05) is 13.1 Å². The van der Waals surface area contributed by atoms with Crippen molar-refractivity contribution in [2.24, 2.45) is 0 Å². The van der Waals surface area contributed by atoms with Crippen LogP contribution in [0.1, 0.15) is 44.9 Å². The topological polar surface area (TPSA) is 82.3 Å². The van der Waals surface area contributed by atoms with Gasteiger partial charge in [0.15, 0.2) is 0 Å². The van der Waals surface area contributed by atoms with E-state index in [2.05, 4.69) is 21.3 Å². The Morgan fingerprint density at radius 3 is 2.38 bits per heavy atom. The summed E-state index contributed by atoms with van der Waals surface area (Å²) in [6.45, 7) is 1.74. The average molecular weight is 292 g/mol. The number of carbonyl (C=O) groups excluding carboxylic acids is 2. The zero-order chi connectivity index (χ0) is 14.5. The first-order chi connectivity index (χ1) is 10.1. The molecule has 0 aromatic rings. The van der Waals surface area contributed by atoms with Gasteiger partial charge in [0.05, 0.1) is 11.1 Å². The van der Waals surface area contributed by atoms with Gasteiger partial charge in [0.25, 0.3) is 0 Å². The van der Waals surface area contributed by atoms with E-state index in [1.807, 2.05) is 0 Å². The van der Waals surface area contributed by atoms with E-state index in [-0.39, 0.29) is 35.0 Å². The lowest BCUT2D eigenvalue weighted by atomic mass is 9.71. The first-order valence-corrected chi connectivity index (χ1v) is 8.26. The van der Waals surface area contributed by atoms with Gasteiger partial charge < -0.3 is 16.0 Å². The molecule has 4 unspecified atom stereocenters. The summed E-state index contributed by atoms with van der Waals surface area (Å²) in [5.41, 5.74) is -0.645. The molecule has 0 radical (unpaired) electrons. The van der Waals surface area contributed by atoms with Crippen LogP contribution in [-0.4, -0.2) is 48.1 Å². The van der Waals surface area contributed by atoms with Crippen molar-refractivity contribution in [2.45, 2.75) is 68.1 Å². The average Bonchev–Trinajstić information content (AvgIpc) is 2.57. The standard InChI is InChI=1S/C15H24N4O2/c20-12-15(4-1-2-7-16-12)9-11(19-15)10-3-5-14(6-8-17-14)13(21)18-10/h10-11,17,19H,1-9H2,(H,16,20)(H,18,21). The molecule has 0 aromatic carbocycles. The number of hydrogen-bond donors (Lipinski definition) is 4. The first kappa shape index (κ1) is 13.5. The van der Waals surface area contributed by atoms with E-state index < -0.39 is 0 Å². The van der Waals surface area contributed by atoms with Crippen molar-refractivity contribution in [1.82, 2.24) is 21.3 Å². The minimum atomic E-state index is -0.365. The molecule has 2 amide bonds. The fourth-order valence-corrected chi connectivity index (χ4v) is 4.35. The molecular formula is C15H24N4O2. The maximum Gasteiger partial charge on any atom is 0.240 e. The number of piperidine rings is 1. The Bertz CT molecular complexity index is 468. The van der Waals surface area contributed by atoms with Gasteiger partial charge in [-0.2, -0.15) is 0 Å². The maximum absolute atomic E-state index is 12.3. The summed E-state index contributed by atoms with van der Waals surface area (Å²) in [6, 6.07) is 0.419. The van der Waals surface area contributed by atoms with Crippen LogP contribution in [-0.2, 0) is 9.59 Å². The van der Waals surface area contributed by atoms with Gasteiger partial charge >= 0.3 is 0 Å². The molecule has 2 spiro atoms. The minimum absolute atomic E-state index is 0.149. The van der Waals surface area contributed by atoms with Gasteiger partial charge in [-0.15, -0.1) is 0 Å². The third-order valence-corrected chi connectivity index (χ3v) is 5.91. The Balaban J connectivity index is 1.37. The molecule has 4 heterocycles. The molecule has 0 bridgehead atoms. The van der Waals surface area contributed by atoms with E-state index >= 15 is 0 Å². The fraction of sp³-hybridized carbons (Fsp3) is 0.867. The van der Waals surface area contributed by atoms with Gasteiger partial charge in [-0.1, -0.05) is 0 Å². The van der Waals surface area contributed by atoms with Crippen LogP contribution in [0.15, 0.2) is 0 Å². The van der Waals surface area contributed by atoms with Gasteiger partial charge in [0, 0.05) is 18.6 Å². The summed E-state index contributed by atoms with van der Waals surface area (Å²) < 4.78 is 0. The van der Waals surface area contributed by atoms with Crippen LogP contribution in [0.5, 0.6) is 0 Å². The van der Waals surface area contributed by atoms with E-state index in [1.165, 1.54) is 0 Å². The third kappa shape index (κ3) is 1.99. The summed E-state index contributed by atoms with van der Waals surface area (Å²) in [4.78, 5) is 24.5. The molecule has 21 heavy (non-hydrogen) atoms. The number of rotatable bonds is 1. The molecule has 0 aromatic heterocycles. The van der Waals surface area contributed by atoms with E-state index in [9.17, 15) is 9.59 Å². The van der Waals surface area contributed by atoms with Crippen molar-refractivity contribution in [3.05, 3.63) is 0 Å². The van der Waals surface area contributed by atoms with Crippen LogP contribution in [0.4, 0.5) is 0 Å². The molecular weight excluding hydrogens is 268 g/mol. The molecule has 0 saturated carbocycles. The quantitative estimate of drug-likeness (QED) is 0.520. The molecule has 4 aliphatic heterocycles. The predicted molar refractivity (Wildman–Crippen MR) is 77.6 cm³/mol. The lowest BCUT2D eigenvalue weighted by molar-refractivity contribution is -0.137. The molecule has 4 rings (SSSR count). The van der Waals surface area contributed by atoms with Crippen LogP contribution in [0.25, 0.3) is 0 Å². The van der Waals surface area contributed by atoms with Crippen LogP contribution in [0.3, 0.4) is 0 Å². The Labute approximate surface area is 124 Å². The van der Waals surface area contributed by atoms with Gasteiger partial charge in [0.1, 0.15) is 0 Å². The van der Waals surface area contributed by atoms with Crippen molar-refractivity contribution in [3.8, 4) is 0 Å². The molecule has 116 valence electrons. The lowest BCUT2D eigenvalue weighted by Gasteiger charge is -2.54. The van der Waals surface area contributed by atoms with Crippen molar-refractivity contribution in [3.63, 3.8) is 0 Å². The largest absolute Gasteiger partial charge is 0.354 e. The molecule has 4 fully saturated rings. The monoisotopic (exact) mass is 292 g/mol. The summed E-state index contributed by atoms with van der Waals surface area (Å²) in [5.74, 6) is 0.300. The highest BCUT2D eigenvalue weighted by molar-refractivity contribution is 5.89. The Kier molecular flexibility index (Phi) is 3.01. The maximum atomic E-state index is 12.3. The minimum Gasteiger partial charge on any atom is -0.354 e. The number of carbonyl (C=O) groups is 2. The zero-order valence-electron chi connectivity index (χ0n) is 12.3. The Morgan fingerprint density at radius 2 is 1.71 bits per heavy atom. The number of nitrogens with one attached hydrogen (secondary N) is 4. The number of amides is 2. The highest BCUT2D eigenvalue weighted by Gasteiger charge is 2.55. The summed E-state index contributed by atoms with van der Waals surface area (Å²) in [7, 11) is 0. The third-order valence-electron chi connectivity index (χ3n) is 5.91. The molecule has 4 N–H and O–H groups in total. The van der Waals surface area contributed by atoms with E-state index in [1.54, 1.807) is 0 Å². The smallest absolute Gasteiger partial charge is 0.240 e. The van der Waals surface area contributed by atoms with Gasteiger partial charge in [-0.25, -0.2) is 0 Å². The van der Waals surface area contributed by atoms with Crippen LogP contribution in [0.2, 0.25) is 0 Å². The second-order valence-electron chi connectivity index (χ2n) is 7.13. The first-order valence-electron chi connectivity index (χ1n) is 8.26. The second-order valence-corrected chi connectivity index (χ2v) is 7.13. The van der Waals surface area contributed by atoms with Gasteiger partial charge in [0.2, 0.25) is 11.8 Å². The normalized spacial score (nSPS) is 46.3. The van der Waals surface area contributed by atoms with Crippen LogP contribution < -0.4 is 21.3 Å². The molecule has 4 aliphatic rings. The molecule has 4 saturated heterocycles. The highest BCUT2D eigenvalue weighted by atomic mass is 16.2. The van der Waals surface area contributed by atoms with Gasteiger partial charge in [-0.3, -0.25) is 14.9 Å².